The summed E-state index contributed by atoms with van der Waals surface area (Å²) in [6.45, 7) is 1.70. The molecule has 0 aromatic carbocycles. The number of H-pyrrole nitrogens is 1. The van der Waals surface area contributed by atoms with E-state index in [1.165, 1.54) is 0 Å². The quantitative estimate of drug-likeness (QED) is 0.785. The molecular formula is C18H19N5OS. The number of piperazine rings is 1. The topological polar surface area (TPSA) is 65.1 Å². The van der Waals surface area contributed by atoms with Crippen molar-refractivity contribution in [1.29, 1.82) is 0 Å². The van der Waals surface area contributed by atoms with Crippen molar-refractivity contribution in [2.75, 3.05) is 18.0 Å². The van der Waals surface area contributed by atoms with Gasteiger partial charge >= 0.3 is 0 Å². The molecule has 0 aliphatic carbocycles. The molecular weight excluding hydrogens is 334 g/mol. The fraction of sp³-hybridized carbons (Fsp3) is 0.389. The first kappa shape index (κ1) is 14.9. The summed E-state index contributed by atoms with van der Waals surface area (Å²) >= 11 is 1.66. The maximum absolute atomic E-state index is 12.8. The molecule has 3 aromatic heterocycles. The van der Waals surface area contributed by atoms with Crippen LogP contribution in [0, 0.1) is 0 Å². The van der Waals surface area contributed by atoms with Crippen LogP contribution in [0.25, 0.3) is 11.0 Å². The molecule has 2 aliphatic rings. The van der Waals surface area contributed by atoms with Gasteiger partial charge in [0.2, 0.25) is 5.91 Å². The zero-order valence-corrected chi connectivity index (χ0v) is 14.6. The fourth-order valence-electron chi connectivity index (χ4n) is 4.25. The third-order valence-corrected chi connectivity index (χ3v) is 6.18. The second-order valence-corrected chi connectivity index (χ2v) is 7.82. The van der Waals surface area contributed by atoms with Crippen LogP contribution in [0.3, 0.4) is 0 Å². The van der Waals surface area contributed by atoms with Gasteiger partial charge in [-0.2, -0.15) is 0 Å². The fourth-order valence-corrected chi connectivity index (χ4v) is 4.94. The molecule has 7 heteroatoms. The van der Waals surface area contributed by atoms with E-state index in [0.29, 0.717) is 6.42 Å². The summed E-state index contributed by atoms with van der Waals surface area (Å²) < 4.78 is 0. The van der Waals surface area contributed by atoms with Crippen molar-refractivity contribution in [1.82, 2.24) is 19.9 Å². The predicted octanol–water partition coefficient (Wildman–Crippen LogP) is 2.44. The van der Waals surface area contributed by atoms with E-state index in [-0.39, 0.29) is 18.0 Å². The highest BCUT2D eigenvalue weighted by Crippen LogP contribution is 2.34. The minimum absolute atomic E-state index is 0.268. The van der Waals surface area contributed by atoms with Gasteiger partial charge in [-0.1, -0.05) is 6.07 Å². The molecule has 0 saturated carbocycles. The van der Waals surface area contributed by atoms with Crippen molar-refractivity contribution in [3.63, 3.8) is 0 Å². The van der Waals surface area contributed by atoms with E-state index in [9.17, 15) is 4.79 Å². The monoisotopic (exact) mass is 353 g/mol. The third-order valence-electron chi connectivity index (χ3n) is 5.31. The molecule has 2 saturated heterocycles. The Morgan fingerprint density at radius 1 is 1.24 bits per heavy atom. The summed E-state index contributed by atoms with van der Waals surface area (Å²) in [5.74, 6) is 1.25. The number of thiophene rings is 1. The van der Waals surface area contributed by atoms with Gasteiger partial charge in [0, 0.05) is 36.2 Å². The Morgan fingerprint density at radius 3 is 2.84 bits per heavy atom. The van der Waals surface area contributed by atoms with E-state index in [0.717, 1.165) is 47.7 Å². The van der Waals surface area contributed by atoms with Crippen LogP contribution in [0.15, 0.2) is 36.1 Å². The maximum Gasteiger partial charge on any atom is 0.228 e. The largest absolute Gasteiger partial charge is 0.352 e. The summed E-state index contributed by atoms with van der Waals surface area (Å²) in [5.41, 5.74) is 0.869. The van der Waals surface area contributed by atoms with Crippen LogP contribution in [0.5, 0.6) is 0 Å². The van der Waals surface area contributed by atoms with Crippen molar-refractivity contribution in [3.8, 4) is 0 Å². The van der Waals surface area contributed by atoms with Crippen molar-refractivity contribution in [3.05, 3.63) is 41.0 Å². The molecule has 0 unspecified atom stereocenters. The molecule has 5 rings (SSSR count). The van der Waals surface area contributed by atoms with Crippen LogP contribution in [0.1, 0.15) is 17.7 Å². The number of nitrogens with zero attached hydrogens (tertiary/aromatic N) is 4. The molecule has 25 heavy (non-hydrogen) atoms. The number of nitrogens with one attached hydrogen (secondary N) is 1. The molecule has 0 spiro atoms. The summed E-state index contributed by atoms with van der Waals surface area (Å²) in [4.78, 5) is 30.4. The van der Waals surface area contributed by atoms with Gasteiger partial charge in [-0.25, -0.2) is 9.97 Å². The molecule has 2 bridgehead atoms. The lowest BCUT2D eigenvalue weighted by Gasteiger charge is -2.41. The molecule has 1 amide bonds. The highest BCUT2D eigenvalue weighted by atomic mass is 32.1. The lowest BCUT2D eigenvalue weighted by Crippen LogP contribution is -2.56. The second-order valence-electron chi connectivity index (χ2n) is 6.78. The first-order valence-electron chi connectivity index (χ1n) is 8.66. The minimum atomic E-state index is 0.268. The SMILES string of the molecule is O=C(Cc1cccs1)N1[C@@H]2CC[C@H]1CN(c1ncnc3[nH]ccc13)C2. The van der Waals surface area contributed by atoms with Crippen LogP contribution >= 0.6 is 11.3 Å². The third kappa shape index (κ3) is 2.50. The van der Waals surface area contributed by atoms with Crippen LogP contribution in [0.2, 0.25) is 0 Å². The number of carbonyl (C=O) groups is 1. The average Bonchev–Trinajstić information content (AvgIpc) is 3.34. The Bertz CT molecular complexity index is 891. The smallest absolute Gasteiger partial charge is 0.228 e. The summed E-state index contributed by atoms with van der Waals surface area (Å²) in [6.07, 6.45) is 6.21. The first-order chi connectivity index (χ1) is 12.3. The van der Waals surface area contributed by atoms with E-state index in [2.05, 4.69) is 24.8 Å². The number of hydrogen-bond donors (Lipinski definition) is 1. The van der Waals surface area contributed by atoms with E-state index in [4.69, 9.17) is 0 Å². The molecule has 6 nitrogen and oxygen atoms in total. The zero-order valence-electron chi connectivity index (χ0n) is 13.8. The van der Waals surface area contributed by atoms with E-state index in [1.54, 1.807) is 17.7 Å². The van der Waals surface area contributed by atoms with Gasteiger partial charge in [-0.3, -0.25) is 4.79 Å². The van der Waals surface area contributed by atoms with E-state index in [1.807, 2.05) is 29.8 Å². The Balaban J connectivity index is 1.38. The number of aromatic nitrogens is 3. The number of aromatic amines is 1. The van der Waals surface area contributed by atoms with E-state index >= 15 is 0 Å². The molecule has 2 fully saturated rings. The number of anilines is 1. The molecule has 128 valence electrons. The van der Waals surface area contributed by atoms with Gasteiger partial charge in [0.25, 0.3) is 0 Å². The van der Waals surface area contributed by atoms with Gasteiger partial charge in [0.05, 0.1) is 11.8 Å². The van der Waals surface area contributed by atoms with Gasteiger partial charge in [-0.15, -0.1) is 11.3 Å². The summed E-state index contributed by atoms with van der Waals surface area (Å²) in [7, 11) is 0. The Hall–Kier alpha value is -2.41. The highest BCUT2D eigenvalue weighted by molar-refractivity contribution is 7.10. The number of carbonyl (C=O) groups excluding carboxylic acids is 1. The van der Waals surface area contributed by atoms with Crippen molar-refractivity contribution < 1.29 is 4.79 Å². The standard InChI is InChI=1S/C18H19N5OS/c24-16(8-14-2-1-7-25-14)23-12-3-4-13(23)10-22(9-12)18-15-5-6-19-17(15)20-11-21-18/h1-2,5-7,11-13H,3-4,8-10H2,(H,19,20,21)/t12-,13+. The molecule has 5 heterocycles. The molecule has 1 N–H and O–H groups in total. The zero-order chi connectivity index (χ0) is 16.8. The molecule has 2 atom stereocenters. The first-order valence-corrected chi connectivity index (χ1v) is 9.54. The van der Waals surface area contributed by atoms with Crippen LogP contribution in [-0.4, -0.2) is 50.9 Å². The van der Waals surface area contributed by atoms with Crippen molar-refractivity contribution in [2.45, 2.75) is 31.3 Å². The van der Waals surface area contributed by atoms with Gasteiger partial charge < -0.3 is 14.8 Å². The lowest BCUT2D eigenvalue weighted by atomic mass is 10.1. The summed E-state index contributed by atoms with van der Waals surface area (Å²) in [5, 5.41) is 3.09. The maximum atomic E-state index is 12.8. The Morgan fingerprint density at radius 2 is 2.08 bits per heavy atom. The number of fused-ring (bicyclic) bond motifs is 3. The average molecular weight is 353 g/mol. The van der Waals surface area contributed by atoms with E-state index < -0.39 is 0 Å². The molecule has 2 aliphatic heterocycles. The summed E-state index contributed by atoms with van der Waals surface area (Å²) in [6, 6.07) is 6.66. The van der Waals surface area contributed by atoms with Gasteiger partial charge in [-0.05, 0) is 30.4 Å². The highest BCUT2D eigenvalue weighted by Gasteiger charge is 2.43. The Labute approximate surface area is 149 Å². The second kappa shape index (κ2) is 5.84. The van der Waals surface area contributed by atoms with Crippen LogP contribution in [-0.2, 0) is 11.2 Å². The number of amides is 1. The van der Waals surface area contributed by atoms with Crippen LogP contribution in [0.4, 0.5) is 5.82 Å². The van der Waals surface area contributed by atoms with Crippen molar-refractivity contribution >= 4 is 34.1 Å². The lowest BCUT2D eigenvalue weighted by molar-refractivity contribution is -0.133. The normalized spacial score (nSPS) is 22.7. The Kier molecular flexibility index (Phi) is 3.48. The van der Waals surface area contributed by atoms with Crippen LogP contribution < -0.4 is 4.90 Å². The van der Waals surface area contributed by atoms with Crippen molar-refractivity contribution in [2.24, 2.45) is 0 Å². The number of hydrogen-bond acceptors (Lipinski definition) is 5. The number of rotatable bonds is 3. The molecule has 0 radical (unpaired) electrons. The predicted molar refractivity (Wildman–Crippen MR) is 97.8 cm³/mol. The minimum Gasteiger partial charge on any atom is -0.352 e. The van der Waals surface area contributed by atoms with Gasteiger partial charge in [0.15, 0.2) is 0 Å². The molecule has 3 aromatic rings. The van der Waals surface area contributed by atoms with Gasteiger partial charge in [0.1, 0.15) is 17.8 Å².